The third-order valence-corrected chi connectivity index (χ3v) is 3.56. The molecule has 1 aromatic rings. The van der Waals surface area contributed by atoms with Gasteiger partial charge in [0.25, 0.3) is 0 Å². The molecule has 1 aliphatic heterocycles. The standard InChI is InChI=1S/C20H22BNO3/c1-4-5-7-10-16(2)22-17(3)11-8-6-9-14-25-20-15-18(21(23)24)12-13-19(20)22/h4-13,15,23-24H,2-3,14H2,1H3/b5-4-,9-6-,10-7-,11-8-. The van der Waals surface area contributed by atoms with E-state index in [1.54, 1.807) is 18.2 Å². The number of rotatable bonds is 4. The van der Waals surface area contributed by atoms with Crippen molar-refractivity contribution in [1.82, 2.24) is 0 Å². The summed E-state index contributed by atoms with van der Waals surface area (Å²) in [7, 11) is -1.56. The monoisotopic (exact) mass is 335 g/mol. The van der Waals surface area contributed by atoms with Gasteiger partial charge in [-0.2, -0.15) is 0 Å². The van der Waals surface area contributed by atoms with E-state index in [2.05, 4.69) is 13.2 Å². The predicted octanol–water partition coefficient (Wildman–Crippen LogP) is 2.84. The Morgan fingerprint density at radius 3 is 2.80 bits per heavy atom. The van der Waals surface area contributed by atoms with Crippen molar-refractivity contribution in [3.8, 4) is 5.75 Å². The summed E-state index contributed by atoms with van der Waals surface area (Å²) in [6, 6.07) is 5.02. The van der Waals surface area contributed by atoms with Gasteiger partial charge in [0, 0.05) is 11.4 Å². The number of fused-ring (bicyclic) bond motifs is 1. The average molecular weight is 335 g/mol. The van der Waals surface area contributed by atoms with E-state index in [0.29, 0.717) is 29.2 Å². The molecule has 0 atom stereocenters. The first-order chi connectivity index (χ1) is 12.0. The topological polar surface area (TPSA) is 52.9 Å². The number of nitrogens with zero attached hydrogens (tertiary/aromatic N) is 1. The summed E-state index contributed by atoms with van der Waals surface area (Å²) in [5.41, 5.74) is 2.50. The van der Waals surface area contributed by atoms with E-state index in [1.807, 2.05) is 60.4 Å². The molecule has 0 saturated heterocycles. The minimum absolute atomic E-state index is 0.357. The molecule has 25 heavy (non-hydrogen) atoms. The molecule has 2 rings (SSSR count). The van der Waals surface area contributed by atoms with E-state index >= 15 is 0 Å². The van der Waals surface area contributed by atoms with Crippen LogP contribution in [0.4, 0.5) is 5.69 Å². The second-order valence-corrected chi connectivity index (χ2v) is 5.40. The molecule has 0 saturated carbocycles. The Labute approximate surface area is 149 Å². The van der Waals surface area contributed by atoms with Gasteiger partial charge in [0.05, 0.1) is 5.69 Å². The molecule has 0 amide bonds. The summed E-state index contributed by atoms with van der Waals surface area (Å²) in [4.78, 5) is 1.86. The van der Waals surface area contributed by atoms with E-state index in [0.717, 1.165) is 5.69 Å². The molecule has 0 unspecified atom stereocenters. The Hall–Kier alpha value is -2.76. The Morgan fingerprint density at radius 1 is 1.28 bits per heavy atom. The van der Waals surface area contributed by atoms with Gasteiger partial charge in [0.15, 0.2) is 0 Å². The van der Waals surface area contributed by atoms with Crippen LogP contribution in [0.15, 0.2) is 91.4 Å². The summed E-state index contributed by atoms with van der Waals surface area (Å²) in [5, 5.41) is 18.9. The fourth-order valence-electron chi connectivity index (χ4n) is 2.35. The van der Waals surface area contributed by atoms with Crippen molar-refractivity contribution < 1.29 is 14.8 Å². The number of hydrogen-bond donors (Lipinski definition) is 2. The van der Waals surface area contributed by atoms with Gasteiger partial charge in [0.2, 0.25) is 0 Å². The van der Waals surface area contributed by atoms with Crippen LogP contribution in [-0.2, 0) is 0 Å². The molecule has 4 nitrogen and oxygen atoms in total. The number of allylic oxidation sites excluding steroid dienone is 7. The van der Waals surface area contributed by atoms with E-state index in [1.165, 1.54) is 0 Å². The van der Waals surface area contributed by atoms with Crippen LogP contribution >= 0.6 is 0 Å². The molecular weight excluding hydrogens is 313 g/mol. The van der Waals surface area contributed by atoms with Crippen molar-refractivity contribution in [3.05, 3.63) is 91.4 Å². The highest BCUT2D eigenvalue weighted by Gasteiger charge is 2.20. The summed E-state index contributed by atoms with van der Waals surface area (Å²) in [6.07, 6.45) is 15.1. The fourth-order valence-corrected chi connectivity index (χ4v) is 2.35. The number of ether oxygens (including phenoxy) is 1. The smallest absolute Gasteiger partial charge is 0.487 e. The van der Waals surface area contributed by atoms with Crippen molar-refractivity contribution in [3.63, 3.8) is 0 Å². The lowest BCUT2D eigenvalue weighted by molar-refractivity contribution is 0.363. The summed E-state index contributed by atoms with van der Waals surface area (Å²) in [5.74, 6) is 0.521. The number of benzene rings is 1. The Balaban J connectivity index is 2.53. The molecule has 128 valence electrons. The molecule has 2 N–H and O–H groups in total. The maximum absolute atomic E-state index is 9.43. The first-order valence-corrected chi connectivity index (χ1v) is 7.98. The zero-order valence-corrected chi connectivity index (χ0v) is 14.3. The molecule has 0 spiro atoms. The van der Waals surface area contributed by atoms with Crippen LogP contribution in [0.25, 0.3) is 0 Å². The summed E-state index contributed by atoms with van der Waals surface area (Å²) < 4.78 is 5.80. The van der Waals surface area contributed by atoms with Crippen LogP contribution in [0.1, 0.15) is 6.92 Å². The van der Waals surface area contributed by atoms with Gasteiger partial charge in [0.1, 0.15) is 12.4 Å². The largest absolute Gasteiger partial charge is 0.488 e. The maximum atomic E-state index is 9.43. The highest BCUT2D eigenvalue weighted by Crippen LogP contribution is 2.33. The first kappa shape index (κ1) is 18.6. The molecule has 1 aromatic carbocycles. The van der Waals surface area contributed by atoms with Gasteiger partial charge in [-0.1, -0.05) is 49.6 Å². The highest BCUT2D eigenvalue weighted by molar-refractivity contribution is 6.58. The van der Waals surface area contributed by atoms with Crippen molar-refractivity contribution in [2.24, 2.45) is 0 Å². The lowest BCUT2D eigenvalue weighted by Crippen LogP contribution is -2.30. The van der Waals surface area contributed by atoms with Gasteiger partial charge >= 0.3 is 7.12 Å². The lowest BCUT2D eigenvalue weighted by atomic mass is 9.80. The van der Waals surface area contributed by atoms with Crippen molar-refractivity contribution in [2.75, 3.05) is 11.5 Å². The minimum Gasteiger partial charge on any atom is -0.487 e. The van der Waals surface area contributed by atoms with Gasteiger partial charge in [-0.15, -0.1) is 0 Å². The third kappa shape index (κ3) is 4.86. The molecular formula is C20H22BNO3. The minimum atomic E-state index is -1.56. The Bertz CT molecular complexity index is 760. The van der Waals surface area contributed by atoms with Gasteiger partial charge in [-0.3, -0.25) is 0 Å². The number of hydrogen-bond acceptors (Lipinski definition) is 4. The molecule has 0 radical (unpaired) electrons. The van der Waals surface area contributed by atoms with E-state index in [4.69, 9.17) is 4.74 Å². The van der Waals surface area contributed by atoms with Crippen LogP contribution < -0.4 is 15.1 Å². The van der Waals surface area contributed by atoms with E-state index in [9.17, 15) is 10.0 Å². The highest BCUT2D eigenvalue weighted by atomic mass is 16.5. The Morgan fingerprint density at radius 2 is 2.08 bits per heavy atom. The molecule has 0 aliphatic carbocycles. The first-order valence-electron chi connectivity index (χ1n) is 7.98. The van der Waals surface area contributed by atoms with Crippen molar-refractivity contribution >= 4 is 18.3 Å². The fraction of sp³-hybridized carbons (Fsp3) is 0.100. The molecule has 0 fully saturated rings. The predicted molar refractivity (Wildman–Crippen MR) is 105 cm³/mol. The maximum Gasteiger partial charge on any atom is 0.488 e. The van der Waals surface area contributed by atoms with Gasteiger partial charge < -0.3 is 19.7 Å². The summed E-state index contributed by atoms with van der Waals surface area (Å²) >= 11 is 0. The average Bonchev–Trinajstić information content (AvgIpc) is 2.59. The number of anilines is 1. The zero-order valence-electron chi connectivity index (χ0n) is 14.3. The van der Waals surface area contributed by atoms with Crippen LogP contribution in [0.3, 0.4) is 0 Å². The summed E-state index contributed by atoms with van der Waals surface area (Å²) in [6.45, 7) is 10.5. The van der Waals surface area contributed by atoms with Crippen LogP contribution in [0.2, 0.25) is 0 Å². The molecule has 0 bridgehead atoms. The molecule has 1 heterocycles. The van der Waals surface area contributed by atoms with Crippen LogP contribution in [0.5, 0.6) is 5.75 Å². The van der Waals surface area contributed by atoms with E-state index < -0.39 is 7.12 Å². The van der Waals surface area contributed by atoms with Crippen LogP contribution in [0, 0.1) is 0 Å². The van der Waals surface area contributed by atoms with Crippen LogP contribution in [-0.4, -0.2) is 23.8 Å². The van der Waals surface area contributed by atoms with Crippen molar-refractivity contribution in [2.45, 2.75) is 6.92 Å². The van der Waals surface area contributed by atoms with Gasteiger partial charge in [-0.25, -0.2) is 0 Å². The second kappa shape index (κ2) is 8.92. The lowest BCUT2D eigenvalue weighted by Gasteiger charge is -2.28. The van der Waals surface area contributed by atoms with Crippen molar-refractivity contribution in [1.29, 1.82) is 0 Å². The molecule has 0 aromatic heterocycles. The Kier molecular flexibility index (Phi) is 6.63. The van der Waals surface area contributed by atoms with E-state index in [-0.39, 0.29) is 0 Å². The SMILES string of the molecule is C=C(/C=C\C=C/C)N1C(=C)/C=C\C=C/COc2cc(B(O)O)ccc21. The second-order valence-electron chi connectivity index (χ2n) is 5.40. The third-order valence-electron chi connectivity index (χ3n) is 3.56. The quantitative estimate of drug-likeness (QED) is 0.656. The molecule has 5 heteroatoms. The molecule has 1 aliphatic rings. The van der Waals surface area contributed by atoms with Gasteiger partial charge in [-0.05, 0) is 42.7 Å². The normalized spacial score (nSPS) is 17.2. The zero-order chi connectivity index (χ0) is 18.2.